The molecule has 1 atom stereocenters. The number of rotatable bonds is 3. The van der Waals surface area contributed by atoms with Gasteiger partial charge >= 0.3 is 5.97 Å². The summed E-state index contributed by atoms with van der Waals surface area (Å²) in [6.45, 7) is 8.60. The second kappa shape index (κ2) is 5.47. The van der Waals surface area contributed by atoms with E-state index in [1.165, 1.54) is 13.3 Å². The van der Waals surface area contributed by atoms with Gasteiger partial charge in [0, 0.05) is 13.1 Å². The lowest BCUT2D eigenvalue weighted by molar-refractivity contribution is 0.0602. The van der Waals surface area contributed by atoms with Crippen molar-refractivity contribution < 1.29 is 9.53 Å². The molecule has 1 rings (SSSR count). The zero-order valence-corrected chi connectivity index (χ0v) is 12.5. The van der Waals surface area contributed by atoms with Crippen LogP contribution in [0.15, 0.2) is 12.3 Å². The molecular formula is C14H23N3O2. The standard InChI is InChI=1S/C14H23N3O2/c1-9(14(2,3)4)17(5)12-7-10(13(18)19-6)11(15)8-16-12/h7-9H,15H2,1-6H3. The van der Waals surface area contributed by atoms with E-state index in [1.54, 1.807) is 6.07 Å². The van der Waals surface area contributed by atoms with Crippen molar-refractivity contribution in [3.8, 4) is 0 Å². The van der Waals surface area contributed by atoms with Gasteiger partial charge in [-0.15, -0.1) is 0 Å². The number of ether oxygens (including phenoxy) is 1. The fourth-order valence-electron chi connectivity index (χ4n) is 1.71. The van der Waals surface area contributed by atoms with Crippen molar-refractivity contribution in [1.29, 1.82) is 0 Å². The SMILES string of the molecule is COC(=O)c1cc(N(C)C(C)C(C)(C)C)ncc1N. The Balaban J connectivity index is 3.12. The van der Waals surface area contributed by atoms with Crippen LogP contribution in [0.3, 0.4) is 0 Å². The quantitative estimate of drug-likeness (QED) is 0.849. The predicted octanol–water partition coefficient (Wildman–Crippen LogP) is 2.32. The summed E-state index contributed by atoms with van der Waals surface area (Å²) in [7, 11) is 3.29. The van der Waals surface area contributed by atoms with Crippen molar-refractivity contribution in [3.63, 3.8) is 0 Å². The van der Waals surface area contributed by atoms with Crippen molar-refractivity contribution in [3.05, 3.63) is 17.8 Å². The zero-order valence-electron chi connectivity index (χ0n) is 12.5. The summed E-state index contributed by atoms with van der Waals surface area (Å²) in [5, 5.41) is 0. The summed E-state index contributed by atoms with van der Waals surface area (Å²) >= 11 is 0. The van der Waals surface area contributed by atoms with Crippen LogP contribution in [0.5, 0.6) is 0 Å². The predicted molar refractivity (Wildman–Crippen MR) is 77.3 cm³/mol. The fourth-order valence-corrected chi connectivity index (χ4v) is 1.71. The average Bonchev–Trinajstić information content (AvgIpc) is 2.35. The minimum atomic E-state index is -0.446. The Kier molecular flexibility index (Phi) is 4.39. The summed E-state index contributed by atoms with van der Waals surface area (Å²) < 4.78 is 4.71. The highest BCUT2D eigenvalue weighted by molar-refractivity contribution is 5.95. The summed E-state index contributed by atoms with van der Waals surface area (Å²) in [6.07, 6.45) is 1.49. The normalized spacial score (nSPS) is 12.9. The number of carbonyl (C=O) groups excluding carboxylic acids is 1. The van der Waals surface area contributed by atoms with Gasteiger partial charge < -0.3 is 15.4 Å². The van der Waals surface area contributed by atoms with Gasteiger partial charge in [0.15, 0.2) is 0 Å². The highest BCUT2D eigenvalue weighted by Crippen LogP contribution is 2.27. The highest BCUT2D eigenvalue weighted by atomic mass is 16.5. The molecule has 1 aromatic heterocycles. The maximum Gasteiger partial charge on any atom is 0.340 e. The van der Waals surface area contributed by atoms with Crippen molar-refractivity contribution in [2.45, 2.75) is 33.7 Å². The third-order valence-corrected chi connectivity index (χ3v) is 3.52. The number of nitrogens with two attached hydrogens (primary N) is 1. The Labute approximate surface area is 114 Å². The molecule has 1 heterocycles. The molecule has 0 aliphatic carbocycles. The number of aromatic nitrogens is 1. The fraction of sp³-hybridized carbons (Fsp3) is 0.571. The van der Waals surface area contributed by atoms with E-state index in [1.807, 2.05) is 11.9 Å². The molecule has 19 heavy (non-hydrogen) atoms. The summed E-state index contributed by atoms with van der Waals surface area (Å²) in [5.41, 5.74) is 6.52. The molecule has 1 unspecified atom stereocenters. The van der Waals surface area contributed by atoms with Gasteiger partial charge in [-0.25, -0.2) is 9.78 Å². The van der Waals surface area contributed by atoms with Crippen LogP contribution in [0.4, 0.5) is 11.5 Å². The molecule has 0 aromatic carbocycles. The lowest BCUT2D eigenvalue weighted by Gasteiger charge is -2.36. The molecule has 106 valence electrons. The lowest BCUT2D eigenvalue weighted by Crippen LogP contribution is -2.39. The third kappa shape index (κ3) is 3.36. The first-order valence-electron chi connectivity index (χ1n) is 6.25. The van der Waals surface area contributed by atoms with E-state index in [-0.39, 0.29) is 11.5 Å². The summed E-state index contributed by atoms with van der Waals surface area (Å²) in [4.78, 5) is 17.9. The number of pyridine rings is 1. The van der Waals surface area contributed by atoms with Gasteiger partial charge in [-0.1, -0.05) is 20.8 Å². The average molecular weight is 265 g/mol. The maximum atomic E-state index is 11.6. The van der Waals surface area contributed by atoms with E-state index in [4.69, 9.17) is 10.5 Å². The molecule has 0 amide bonds. The topological polar surface area (TPSA) is 68.5 Å². The van der Waals surface area contributed by atoms with E-state index < -0.39 is 5.97 Å². The number of hydrogen-bond acceptors (Lipinski definition) is 5. The van der Waals surface area contributed by atoms with Gasteiger partial charge in [0.05, 0.1) is 24.6 Å². The van der Waals surface area contributed by atoms with Crippen LogP contribution >= 0.6 is 0 Å². The number of esters is 1. The molecule has 0 aliphatic rings. The summed E-state index contributed by atoms with van der Waals surface area (Å²) in [6, 6.07) is 1.93. The number of carbonyl (C=O) groups is 1. The Morgan fingerprint density at radius 2 is 2.05 bits per heavy atom. The minimum Gasteiger partial charge on any atom is -0.465 e. The maximum absolute atomic E-state index is 11.6. The van der Waals surface area contributed by atoms with Gasteiger partial charge in [-0.2, -0.15) is 0 Å². The first kappa shape index (κ1) is 15.3. The van der Waals surface area contributed by atoms with Crippen LogP contribution in [-0.2, 0) is 4.74 Å². The monoisotopic (exact) mass is 265 g/mol. The molecule has 5 nitrogen and oxygen atoms in total. The van der Waals surface area contributed by atoms with Crippen molar-refractivity contribution in [2.75, 3.05) is 24.8 Å². The summed E-state index contributed by atoms with van der Waals surface area (Å²) in [5.74, 6) is 0.259. The number of nitrogen functional groups attached to an aromatic ring is 1. The van der Waals surface area contributed by atoms with Crippen molar-refractivity contribution >= 4 is 17.5 Å². The Bertz CT molecular complexity index is 466. The molecule has 0 aliphatic heterocycles. The largest absolute Gasteiger partial charge is 0.465 e. The second-order valence-corrected chi connectivity index (χ2v) is 5.77. The minimum absolute atomic E-state index is 0.100. The number of nitrogens with zero attached hydrogens (tertiary/aromatic N) is 2. The third-order valence-electron chi connectivity index (χ3n) is 3.52. The van der Waals surface area contributed by atoms with Crippen LogP contribution in [0.1, 0.15) is 38.1 Å². The van der Waals surface area contributed by atoms with Crippen molar-refractivity contribution in [2.24, 2.45) is 5.41 Å². The van der Waals surface area contributed by atoms with Crippen LogP contribution in [0, 0.1) is 5.41 Å². The zero-order chi connectivity index (χ0) is 14.8. The highest BCUT2D eigenvalue weighted by Gasteiger charge is 2.25. The Morgan fingerprint density at radius 1 is 1.47 bits per heavy atom. The molecule has 2 N–H and O–H groups in total. The van der Waals surface area contributed by atoms with Gasteiger partial charge in [0.2, 0.25) is 0 Å². The van der Waals surface area contributed by atoms with E-state index >= 15 is 0 Å². The lowest BCUT2D eigenvalue weighted by atomic mass is 9.87. The van der Waals surface area contributed by atoms with E-state index in [2.05, 4.69) is 32.7 Å². The van der Waals surface area contributed by atoms with Crippen LogP contribution < -0.4 is 10.6 Å². The molecular weight excluding hydrogens is 242 g/mol. The Morgan fingerprint density at radius 3 is 2.53 bits per heavy atom. The van der Waals surface area contributed by atoms with E-state index in [0.717, 1.165) is 0 Å². The molecule has 0 saturated heterocycles. The molecule has 0 saturated carbocycles. The molecule has 1 aromatic rings. The first-order chi connectivity index (χ1) is 8.68. The van der Waals surface area contributed by atoms with E-state index in [0.29, 0.717) is 17.1 Å². The smallest absolute Gasteiger partial charge is 0.340 e. The van der Waals surface area contributed by atoms with Gasteiger partial charge in [0.1, 0.15) is 5.82 Å². The second-order valence-electron chi connectivity index (χ2n) is 5.77. The molecule has 0 fully saturated rings. The van der Waals surface area contributed by atoms with Crippen LogP contribution in [-0.4, -0.2) is 31.2 Å². The molecule has 0 spiro atoms. The molecule has 5 heteroatoms. The number of methoxy groups -OCH3 is 1. The molecule has 0 bridgehead atoms. The number of anilines is 2. The van der Waals surface area contributed by atoms with E-state index in [9.17, 15) is 4.79 Å². The molecule has 0 radical (unpaired) electrons. The first-order valence-corrected chi connectivity index (χ1v) is 6.25. The van der Waals surface area contributed by atoms with Gasteiger partial charge in [0.25, 0.3) is 0 Å². The van der Waals surface area contributed by atoms with Crippen LogP contribution in [0.25, 0.3) is 0 Å². The van der Waals surface area contributed by atoms with Gasteiger partial charge in [-0.05, 0) is 18.4 Å². The Hall–Kier alpha value is -1.78. The van der Waals surface area contributed by atoms with Crippen molar-refractivity contribution in [1.82, 2.24) is 4.98 Å². The van der Waals surface area contributed by atoms with Gasteiger partial charge in [-0.3, -0.25) is 0 Å². The van der Waals surface area contributed by atoms with Crippen LogP contribution in [0.2, 0.25) is 0 Å². The number of hydrogen-bond donors (Lipinski definition) is 1.